The summed E-state index contributed by atoms with van der Waals surface area (Å²) in [5, 5.41) is 6.39. The summed E-state index contributed by atoms with van der Waals surface area (Å²) in [6.07, 6.45) is 0. The van der Waals surface area contributed by atoms with E-state index in [9.17, 15) is 9.18 Å². The molecule has 1 unspecified atom stereocenters. The Kier molecular flexibility index (Phi) is 4.74. The number of carbonyl (C=O) groups excluding carboxylic acids is 1. The average molecular weight is 286 g/mol. The number of nitrogens with zero attached hydrogens (tertiary/aromatic N) is 1. The molecule has 1 fully saturated rings. The van der Waals surface area contributed by atoms with Gasteiger partial charge in [0.15, 0.2) is 0 Å². The second-order valence-electron chi connectivity index (χ2n) is 4.75. The topological polar surface area (TPSA) is 44.4 Å². The number of amides is 1. The number of halogens is 2. The van der Waals surface area contributed by atoms with Crippen molar-refractivity contribution < 1.29 is 9.18 Å². The van der Waals surface area contributed by atoms with Crippen LogP contribution in [-0.2, 0) is 0 Å². The molecular formula is C13H17ClFN3O. The molecule has 2 rings (SSSR count). The maximum atomic E-state index is 13.5. The van der Waals surface area contributed by atoms with Gasteiger partial charge in [0.1, 0.15) is 5.82 Å². The molecule has 1 aliphatic heterocycles. The Morgan fingerprint density at radius 3 is 3.16 bits per heavy atom. The molecule has 4 nitrogen and oxygen atoms in total. The molecule has 1 aliphatic rings. The van der Waals surface area contributed by atoms with Crippen LogP contribution in [0.15, 0.2) is 18.2 Å². The molecule has 0 spiro atoms. The van der Waals surface area contributed by atoms with Gasteiger partial charge in [-0.15, -0.1) is 0 Å². The van der Waals surface area contributed by atoms with Gasteiger partial charge in [0, 0.05) is 37.2 Å². The fourth-order valence-corrected chi connectivity index (χ4v) is 2.28. The predicted octanol–water partition coefficient (Wildman–Crippen LogP) is 1.11. The predicted molar refractivity (Wildman–Crippen MR) is 73.0 cm³/mol. The van der Waals surface area contributed by atoms with Crippen molar-refractivity contribution in [3.05, 3.63) is 34.6 Å². The number of hydrogen-bond donors (Lipinski definition) is 2. The van der Waals surface area contributed by atoms with Crippen LogP contribution in [0.5, 0.6) is 0 Å². The third-order valence-electron chi connectivity index (χ3n) is 3.14. The van der Waals surface area contributed by atoms with E-state index in [4.69, 9.17) is 11.6 Å². The number of hydrogen-bond acceptors (Lipinski definition) is 3. The summed E-state index contributed by atoms with van der Waals surface area (Å²) in [6.45, 7) is 3.21. The van der Waals surface area contributed by atoms with Gasteiger partial charge in [-0.1, -0.05) is 11.6 Å². The van der Waals surface area contributed by atoms with E-state index in [0.29, 0.717) is 11.6 Å². The molecule has 1 saturated heterocycles. The van der Waals surface area contributed by atoms with Gasteiger partial charge in [0.25, 0.3) is 5.91 Å². The van der Waals surface area contributed by atoms with E-state index in [1.807, 2.05) is 7.05 Å². The zero-order chi connectivity index (χ0) is 13.8. The number of rotatable bonds is 3. The van der Waals surface area contributed by atoms with Crippen molar-refractivity contribution in [3.63, 3.8) is 0 Å². The van der Waals surface area contributed by atoms with E-state index < -0.39 is 11.7 Å². The van der Waals surface area contributed by atoms with Crippen molar-refractivity contribution in [1.29, 1.82) is 0 Å². The SMILES string of the molecule is CN1CCNC(CNC(=O)c2cc(Cl)ccc2F)C1. The molecule has 1 aromatic rings. The minimum Gasteiger partial charge on any atom is -0.350 e. The first kappa shape index (κ1) is 14.2. The van der Waals surface area contributed by atoms with Crippen LogP contribution < -0.4 is 10.6 Å². The summed E-state index contributed by atoms with van der Waals surface area (Å²) in [5.41, 5.74) is -0.0170. The highest BCUT2D eigenvalue weighted by Gasteiger charge is 2.18. The number of nitrogens with one attached hydrogen (secondary N) is 2. The molecule has 0 aromatic heterocycles. The van der Waals surface area contributed by atoms with Crippen LogP contribution in [0.1, 0.15) is 10.4 Å². The van der Waals surface area contributed by atoms with Gasteiger partial charge in [0.2, 0.25) is 0 Å². The Hall–Kier alpha value is -1.17. The summed E-state index contributed by atoms with van der Waals surface area (Å²) in [4.78, 5) is 14.1. The van der Waals surface area contributed by atoms with Crippen LogP contribution in [-0.4, -0.2) is 50.1 Å². The maximum Gasteiger partial charge on any atom is 0.254 e. The molecule has 1 amide bonds. The van der Waals surface area contributed by atoms with Crippen molar-refractivity contribution in [3.8, 4) is 0 Å². The van der Waals surface area contributed by atoms with Crippen LogP contribution >= 0.6 is 11.6 Å². The van der Waals surface area contributed by atoms with Gasteiger partial charge in [-0.05, 0) is 25.2 Å². The van der Waals surface area contributed by atoms with Gasteiger partial charge in [0.05, 0.1) is 5.56 Å². The van der Waals surface area contributed by atoms with Gasteiger partial charge in [-0.25, -0.2) is 4.39 Å². The van der Waals surface area contributed by atoms with Crippen molar-refractivity contribution >= 4 is 17.5 Å². The highest BCUT2D eigenvalue weighted by atomic mass is 35.5. The summed E-state index contributed by atoms with van der Waals surface area (Å²) >= 11 is 5.76. The average Bonchev–Trinajstić information content (AvgIpc) is 2.39. The third-order valence-corrected chi connectivity index (χ3v) is 3.38. The molecule has 0 aliphatic carbocycles. The molecule has 1 heterocycles. The van der Waals surface area contributed by atoms with E-state index >= 15 is 0 Å². The second-order valence-corrected chi connectivity index (χ2v) is 5.18. The summed E-state index contributed by atoms with van der Waals surface area (Å²) in [7, 11) is 2.03. The van der Waals surface area contributed by atoms with Crippen LogP contribution in [0, 0.1) is 5.82 Å². The lowest BCUT2D eigenvalue weighted by Crippen LogP contribution is -2.53. The van der Waals surface area contributed by atoms with Gasteiger partial charge < -0.3 is 15.5 Å². The molecular weight excluding hydrogens is 269 g/mol. The van der Waals surface area contributed by atoms with E-state index in [2.05, 4.69) is 15.5 Å². The van der Waals surface area contributed by atoms with Crippen molar-refractivity contribution in [2.45, 2.75) is 6.04 Å². The monoisotopic (exact) mass is 285 g/mol. The summed E-state index contributed by atoms with van der Waals surface area (Å²) < 4.78 is 13.5. The lowest BCUT2D eigenvalue weighted by molar-refractivity contribution is 0.0940. The fourth-order valence-electron chi connectivity index (χ4n) is 2.11. The molecule has 19 heavy (non-hydrogen) atoms. The lowest BCUT2D eigenvalue weighted by atomic mass is 10.1. The Morgan fingerprint density at radius 2 is 2.42 bits per heavy atom. The van der Waals surface area contributed by atoms with E-state index in [0.717, 1.165) is 19.6 Å². The van der Waals surface area contributed by atoms with Gasteiger partial charge in [-0.3, -0.25) is 4.79 Å². The van der Waals surface area contributed by atoms with E-state index in [1.54, 1.807) is 0 Å². The molecule has 0 saturated carbocycles. The molecule has 0 radical (unpaired) electrons. The molecule has 0 bridgehead atoms. The highest BCUT2D eigenvalue weighted by molar-refractivity contribution is 6.30. The van der Waals surface area contributed by atoms with Crippen LogP contribution in [0.2, 0.25) is 5.02 Å². The minimum atomic E-state index is -0.560. The maximum absolute atomic E-state index is 13.5. The Morgan fingerprint density at radius 1 is 1.63 bits per heavy atom. The van der Waals surface area contributed by atoms with Crippen molar-refractivity contribution in [2.75, 3.05) is 33.2 Å². The van der Waals surface area contributed by atoms with Crippen LogP contribution in [0.3, 0.4) is 0 Å². The van der Waals surface area contributed by atoms with Crippen molar-refractivity contribution in [1.82, 2.24) is 15.5 Å². The first-order valence-electron chi connectivity index (χ1n) is 6.21. The zero-order valence-corrected chi connectivity index (χ0v) is 11.5. The molecule has 1 aromatic carbocycles. The van der Waals surface area contributed by atoms with E-state index in [-0.39, 0.29) is 11.6 Å². The highest BCUT2D eigenvalue weighted by Crippen LogP contribution is 2.14. The van der Waals surface area contributed by atoms with Gasteiger partial charge >= 0.3 is 0 Å². The summed E-state index contributed by atoms with van der Waals surface area (Å²) in [6, 6.07) is 4.15. The number of carbonyl (C=O) groups is 1. The first-order chi connectivity index (χ1) is 9.06. The fraction of sp³-hybridized carbons (Fsp3) is 0.462. The van der Waals surface area contributed by atoms with Crippen LogP contribution in [0.4, 0.5) is 4.39 Å². The van der Waals surface area contributed by atoms with Crippen LogP contribution in [0.25, 0.3) is 0 Å². The number of piperazine rings is 1. The quantitative estimate of drug-likeness (QED) is 0.875. The summed E-state index contributed by atoms with van der Waals surface area (Å²) in [5.74, 6) is -0.995. The Labute approximate surface area is 116 Å². The normalized spacial score (nSPS) is 20.3. The van der Waals surface area contributed by atoms with E-state index in [1.165, 1.54) is 18.2 Å². The second kappa shape index (κ2) is 6.32. The zero-order valence-electron chi connectivity index (χ0n) is 10.7. The molecule has 6 heteroatoms. The van der Waals surface area contributed by atoms with Gasteiger partial charge in [-0.2, -0.15) is 0 Å². The molecule has 1 atom stereocenters. The number of likely N-dealkylation sites (N-methyl/N-ethyl adjacent to an activating group) is 1. The van der Waals surface area contributed by atoms with Crippen molar-refractivity contribution in [2.24, 2.45) is 0 Å². The first-order valence-corrected chi connectivity index (χ1v) is 6.59. The Bertz CT molecular complexity index is 469. The molecule has 2 N–H and O–H groups in total. The molecule has 104 valence electrons. The largest absolute Gasteiger partial charge is 0.350 e. The minimum absolute atomic E-state index is 0.0170. The lowest BCUT2D eigenvalue weighted by Gasteiger charge is -2.30. The smallest absolute Gasteiger partial charge is 0.254 e. The Balaban J connectivity index is 1.92. The number of benzene rings is 1. The standard InChI is InChI=1S/C13H17ClFN3O/c1-18-5-4-16-10(8-18)7-17-13(19)11-6-9(14)2-3-12(11)15/h2-3,6,10,16H,4-5,7-8H2,1H3,(H,17,19). The third kappa shape index (κ3) is 3.89.